The Bertz CT molecular complexity index is 520. The minimum absolute atomic E-state index is 0. The van der Waals surface area contributed by atoms with E-state index in [-0.39, 0.29) is 18.4 Å². The van der Waals surface area contributed by atoms with Crippen LogP contribution in [0.1, 0.15) is 12.5 Å². The number of hydrogen-bond acceptors (Lipinski definition) is 4. The minimum atomic E-state index is -3.34. The fourth-order valence-electron chi connectivity index (χ4n) is 2.19. The molecule has 4 nitrogen and oxygen atoms in total. The summed E-state index contributed by atoms with van der Waals surface area (Å²) in [5, 5.41) is 3.25. The van der Waals surface area contributed by atoms with Crippen molar-refractivity contribution in [1.82, 2.24) is 9.62 Å². The van der Waals surface area contributed by atoms with Crippen molar-refractivity contribution in [2.75, 3.05) is 25.9 Å². The molecule has 1 saturated heterocycles. The second-order valence-corrected chi connectivity index (χ2v) is 7.60. The van der Waals surface area contributed by atoms with Gasteiger partial charge in [0.2, 0.25) is 10.0 Å². The molecule has 0 bridgehead atoms. The molecule has 1 aromatic carbocycles. The van der Waals surface area contributed by atoms with Gasteiger partial charge in [-0.1, -0.05) is 12.1 Å². The van der Waals surface area contributed by atoms with Crippen molar-refractivity contribution in [2.45, 2.75) is 23.6 Å². The molecule has 1 unspecified atom stereocenters. The summed E-state index contributed by atoms with van der Waals surface area (Å²) in [6.45, 7) is 3.79. The maximum absolute atomic E-state index is 12.5. The van der Waals surface area contributed by atoms with Gasteiger partial charge in [-0.2, -0.15) is 16.1 Å². The lowest BCUT2D eigenvalue weighted by molar-refractivity contribution is 0.310. The maximum Gasteiger partial charge on any atom is 0.243 e. The topological polar surface area (TPSA) is 49.4 Å². The lowest BCUT2D eigenvalue weighted by atomic mass is 10.2. The third-order valence-electron chi connectivity index (χ3n) is 3.20. The van der Waals surface area contributed by atoms with Gasteiger partial charge in [0.15, 0.2) is 0 Å². The zero-order chi connectivity index (χ0) is 13.9. The van der Waals surface area contributed by atoms with Crippen molar-refractivity contribution in [3.63, 3.8) is 0 Å². The minimum Gasteiger partial charge on any atom is -0.312 e. The smallest absolute Gasteiger partial charge is 0.243 e. The van der Waals surface area contributed by atoms with Gasteiger partial charge in [0.25, 0.3) is 0 Å². The van der Waals surface area contributed by atoms with Gasteiger partial charge in [-0.25, -0.2) is 8.42 Å². The number of nitrogens with one attached hydrogen (secondary N) is 1. The Balaban J connectivity index is 0.00000200. The number of benzene rings is 1. The highest BCUT2D eigenvalue weighted by molar-refractivity contribution is 7.97. The molecule has 1 aromatic rings. The molecule has 0 spiro atoms. The average Bonchev–Trinajstić information content (AvgIpc) is 2.40. The van der Waals surface area contributed by atoms with Crippen LogP contribution in [-0.2, 0) is 15.8 Å². The average molecular weight is 337 g/mol. The summed E-state index contributed by atoms with van der Waals surface area (Å²) in [4.78, 5) is 0.395. The Hall–Kier alpha value is -0.270. The van der Waals surface area contributed by atoms with Crippen LogP contribution >= 0.6 is 24.2 Å². The molecule has 2 rings (SSSR count). The molecule has 0 aromatic heterocycles. The molecule has 20 heavy (non-hydrogen) atoms. The van der Waals surface area contributed by atoms with E-state index in [0.29, 0.717) is 24.5 Å². The third kappa shape index (κ3) is 4.11. The maximum atomic E-state index is 12.5. The predicted molar refractivity (Wildman–Crippen MR) is 87.1 cm³/mol. The highest BCUT2D eigenvalue weighted by atomic mass is 35.5. The van der Waals surface area contributed by atoms with Gasteiger partial charge in [0.05, 0.1) is 4.90 Å². The number of nitrogens with zero attached hydrogens (tertiary/aromatic N) is 1. The quantitative estimate of drug-likeness (QED) is 0.913. The number of sulfonamides is 1. The molecule has 1 fully saturated rings. The summed E-state index contributed by atoms with van der Waals surface area (Å²) < 4.78 is 26.6. The SMILES string of the molecule is CSCc1ccc(S(=O)(=O)N2CCNC(C)C2)cc1.Cl. The summed E-state index contributed by atoms with van der Waals surface area (Å²) >= 11 is 1.73. The van der Waals surface area contributed by atoms with Gasteiger partial charge < -0.3 is 5.32 Å². The van der Waals surface area contributed by atoms with E-state index in [2.05, 4.69) is 5.32 Å². The summed E-state index contributed by atoms with van der Waals surface area (Å²) in [5.41, 5.74) is 1.15. The highest BCUT2D eigenvalue weighted by Crippen LogP contribution is 2.19. The van der Waals surface area contributed by atoms with Crippen LogP contribution in [0.15, 0.2) is 29.2 Å². The molecule has 1 aliphatic rings. The first-order valence-electron chi connectivity index (χ1n) is 6.35. The molecule has 1 heterocycles. The molecule has 0 aliphatic carbocycles. The van der Waals surface area contributed by atoms with E-state index in [0.717, 1.165) is 11.3 Å². The Morgan fingerprint density at radius 2 is 2.00 bits per heavy atom. The first-order chi connectivity index (χ1) is 9.04. The Kier molecular flexibility index (Phi) is 6.81. The van der Waals surface area contributed by atoms with Crippen LogP contribution in [0.25, 0.3) is 0 Å². The van der Waals surface area contributed by atoms with Crippen molar-refractivity contribution in [3.05, 3.63) is 29.8 Å². The van der Waals surface area contributed by atoms with E-state index in [1.807, 2.05) is 25.3 Å². The molecular weight excluding hydrogens is 316 g/mol. The summed E-state index contributed by atoms with van der Waals surface area (Å²) in [7, 11) is -3.34. The molecule has 0 radical (unpaired) electrons. The van der Waals surface area contributed by atoms with E-state index in [4.69, 9.17) is 0 Å². The van der Waals surface area contributed by atoms with Crippen LogP contribution < -0.4 is 5.32 Å². The molecule has 1 atom stereocenters. The summed E-state index contributed by atoms with van der Waals surface area (Å²) in [5.74, 6) is 0.908. The van der Waals surface area contributed by atoms with Crippen LogP contribution in [-0.4, -0.2) is 44.7 Å². The van der Waals surface area contributed by atoms with Crippen LogP contribution in [0.4, 0.5) is 0 Å². The van der Waals surface area contributed by atoms with Crippen LogP contribution in [0.3, 0.4) is 0 Å². The third-order valence-corrected chi connectivity index (χ3v) is 5.71. The first-order valence-corrected chi connectivity index (χ1v) is 9.19. The van der Waals surface area contributed by atoms with Crippen molar-refractivity contribution in [1.29, 1.82) is 0 Å². The lowest BCUT2D eigenvalue weighted by Gasteiger charge is -2.31. The molecule has 1 N–H and O–H groups in total. The van der Waals surface area contributed by atoms with Gasteiger partial charge in [-0.05, 0) is 30.9 Å². The van der Waals surface area contributed by atoms with Gasteiger partial charge >= 0.3 is 0 Å². The largest absolute Gasteiger partial charge is 0.312 e. The number of thioether (sulfide) groups is 1. The summed E-state index contributed by atoms with van der Waals surface area (Å²) in [6.07, 6.45) is 2.03. The zero-order valence-electron chi connectivity index (χ0n) is 11.7. The van der Waals surface area contributed by atoms with E-state index in [1.54, 1.807) is 28.2 Å². The van der Waals surface area contributed by atoms with E-state index in [9.17, 15) is 8.42 Å². The molecule has 0 saturated carbocycles. The molecule has 0 amide bonds. The summed E-state index contributed by atoms with van der Waals surface area (Å²) in [6, 6.07) is 7.44. The second kappa shape index (κ2) is 7.66. The Morgan fingerprint density at radius 1 is 1.35 bits per heavy atom. The van der Waals surface area contributed by atoms with Crippen LogP contribution in [0, 0.1) is 0 Å². The number of rotatable bonds is 4. The normalized spacial score (nSPS) is 20.4. The molecule has 1 aliphatic heterocycles. The Morgan fingerprint density at radius 3 is 2.55 bits per heavy atom. The van der Waals surface area contributed by atoms with Crippen LogP contribution in [0.5, 0.6) is 0 Å². The lowest BCUT2D eigenvalue weighted by Crippen LogP contribution is -2.51. The first kappa shape index (κ1) is 17.8. The van der Waals surface area contributed by atoms with Crippen molar-refractivity contribution in [2.24, 2.45) is 0 Å². The van der Waals surface area contributed by atoms with Crippen molar-refractivity contribution < 1.29 is 8.42 Å². The highest BCUT2D eigenvalue weighted by Gasteiger charge is 2.28. The van der Waals surface area contributed by atoms with Gasteiger partial charge in [-0.15, -0.1) is 12.4 Å². The van der Waals surface area contributed by atoms with E-state index >= 15 is 0 Å². The number of hydrogen-bond donors (Lipinski definition) is 1. The number of halogens is 1. The van der Waals surface area contributed by atoms with Gasteiger partial charge in [0.1, 0.15) is 0 Å². The standard InChI is InChI=1S/C13H20N2O2S2.ClH/c1-11-9-15(8-7-14-11)19(16,17)13-5-3-12(4-6-13)10-18-2;/h3-6,11,14H,7-10H2,1-2H3;1H. The molecule has 7 heteroatoms. The van der Waals surface area contributed by atoms with E-state index < -0.39 is 10.0 Å². The zero-order valence-corrected chi connectivity index (χ0v) is 14.2. The second-order valence-electron chi connectivity index (χ2n) is 4.80. The van der Waals surface area contributed by atoms with Crippen molar-refractivity contribution >= 4 is 34.2 Å². The van der Waals surface area contributed by atoms with E-state index in [1.165, 1.54) is 0 Å². The fraction of sp³-hybridized carbons (Fsp3) is 0.538. The predicted octanol–water partition coefficient (Wildman–Crippen LogP) is 1.95. The monoisotopic (exact) mass is 336 g/mol. The van der Waals surface area contributed by atoms with Crippen molar-refractivity contribution in [3.8, 4) is 0 Å². The van der Waals surface area contributed by atoms with Gasteiger partial charge in [0, 0.05) is 31.4 Å². The molecule has 114 valence electrons. The Labute approximate surface area is 131 Å². The fourth-order valence-corrected chi connectivity index (χ4v) is 4.24. The number of piperazine rings is 1. The molecular formula is C13H21ClN2O2S2. The van der Waals surface area contributed by atoms with Gasteiger partial charge in [-0.3, -0.25) is 0 Å². The van der Waals surface area contributed by atoms with Crippen LogP contribution in [0.2, 0.25) is 0 Å².